The van der Waals surface area contributed by atoms with Crippen molar-refractivity contribution in [2.45, 2.75) is 155 Å². The fourth-order valence-electron chi connectivity index (χ4n) is 9.52. The third-order valence-electron chi connectivity index (χ3n) is 13.0. The van der Waals surface area contributed by atoms with Crippen molar-refractivity contribution in [3.05, 3.63) is 30.5 Å². The van der Waals surface area contributed by atoms with Crippen molar-refractivity contribution in [1.29, 1.82) is 0 Å². The Hall–Kier alpha value is -3.58. The molecule has 0 aliphatic carbocycles. The Morgan fingerprint density at radius 3 is 2.42 bits per heavy atom. The molecule has 4 heterocycles. The number of esters is 1. The SMILES string of the molecule is CCO[C@@H](O[C@@H]1[C@@H](C)C(=O)[C@@H](C)C(=O)O[C@H](CC)[C@@]2(C)OC(=O)N(CCCCn3cc(-c4nc5ccccc5s4)nn3)[C@@H]2[C@@H](C)NC[C@H](C)C[C@@]1(C)OC)C(O)C(CC)N(C)C. The van der Waals surface area contributed by atoms with Gasteiger partial charge in [0.2, 0.25) is 0 Å². The van der Waals surface area contributed by atoms with E-state index in [1.54, 1.807) is 35.0 Å². The third-order valence-corrected chi connectivity index (χ3v) is 14.0. The van der Waals surface area contributed by atoms with E-state index in [1.807, 2.05) is 91.0 Å². The van der Waals surface area contributed by atoms with Gasteiger partial charge in [0.05, 0.1) is 34.2 Å². The summed E-state index contributed by atoms with van der Waals surface area (Å²) < 4.78 is 34.4. The third kappa shape index (κ3) is 10.8. The first kappa shape index (κ1) is 49.4. The number of aromatic nitrogens is 4. The lowest BCUT2D eigenvalue weighted by molar-refractivity contribution is -0.265. The van der Waals surface area contributed by atoms with Crippen LogP contribution in [0.15, 0.2) is 30.5 Å². The van der Waals surface area contributed by atoms with Crippen LogP contribution in [0.4, 0.5) is 4.79 Å². The molecule has 12 atom stereocenters. The topological polar surface area (TPSA) is 180 Å². The molecule has 2 N–H and O–H groups in total. The molecule has 1 amide bonds. The summed E-state index contributed by atoms with van der Waals surface area (Å²) in [6.07, 6.45) is 0.312. The Bertz CT molecular complexity index is 1910. The minimum atomic E-state index is -1.24. The fraction of sp³-hybridized carbons (Fsp3) is 0.733. The Kier molecular flexibility index (Phi) is 17.1. The molecule has 0 bridgehead atoms. The monoisotopic (exact) mass is 886 g/mol. The maximum absolute atomic E-state index is 14.4. The highest BCUT2D eigenvalue weighted by molar-refractivity contribution is 7.21. The highest BCUT2D eigenvalue weighted by Crippen LogP contribution is 2.40. The zero-order chi connectivity index (χ0) is 45.5. The van der Waals surface area contributed by atoms with Gasteiger partial charge in [-0.15, -0.1) is 16.4 Å². The molecule has 16 nitrogen and oxygen atoms in total. The molecule has 2 aliphatic heterocycles. The van der Waals surface area contributed by atoms with Gasteiger partial charge in [0.15, 0.2) is 17.7 Å². The number of amides is 1. The van der Waals surface area contributed by atoms with Crippen LogP contribution in [-0.4, -0.2) is 148 Å². The van der Waals surface area contributed by atoms with Gasteiger partial charge in [0.1, 0.15) is 28.8 Å². The van der Waals surface area contributed by atoms with Crippen LogP contribution in [0.5, 0.6) is 0 Å². The molecule has 3 aromatic rings. The summed E-state index contributed by atoms with van der Waals surface area (Å²) in [5.41, 5.74) is -0.653. The number of carbonyl (C=O) groups is 3. The zero-order valence-corrected chi connectivity index (χ0v) is 39.6. The number of nitrogens with one attached hydrogen (secondary N) is 1. The van der Waals surface area contributed by atoms with Crippen molar-refractivity contribution in [2.24, 2.45) is 17.8 Å². The summed E-state index contributed by atoms with van der Waals surface area (Å²) >= 11 is 1.58. The number of fused-ring (bicyclic) bond motifs is 2. The molecule has 1 aromatic carbocycles. The van der Waals surface area contributed by atoms with E-state index >= 15 is 0 Å². The molecule has 17 heteroatoms. The van der Waals surface area contributed by atoms with Crippen LogP contribution in [0, 0.1) is 17.8 Å². The Balaban J connectivity index is 1.37. The van der Waals surface area contributed by atoms with E-state index < -0.39 is 71.5 Å². The number of aliphatic hydroxyl groups excluding tert-OH is 1. The first-order chi connectivity index (χ1) is 29.4. The normalized spacial score (nSPS) is 30.7. The van der Waals surface area contributed by atoms with E-state index in [2.05, 4.69) is 22.6 Å². The van der Waals surface area contributed by atoms with Gasteiger partial charge < -0.3 is 39.0 Å². The van der Waals surface area contributed by atoms with Crippen LogP contribution >= 0.6 is 11.3 Å². The molecule has 2 aromatic heterocycles. The number of rotatable bonds is 16. The summed E-state index contributed by atoms with van der Waals surface area (Å²) in [4.78, 5) is 50.8. The lowest BCUT2D eigenvalue weighted by Crippen LogP contribution is -2.61. The van der Waals surface area contributed by atoms with E-state index in [4.69, 9.17) is 28.7 Å². The number of carbonyl (C=O) groups excluding carboxylic acids is 3. The highest BCUT2D eigenvalue weighted by Gasteiger charge is 2.58. The highest BCUT2D eigenvalue weighted by atomic mass is 32.1. The molecule has 2 fully saturated rings. The Morgan fingerprint density at radius 2 is 1.77 bits per heavy atom. The van der Waals surface area contributed by atoms with Crippen LogP contribution in [-0.2, 0) is 39.8 Å². The molecule has 0 saturated carbocycles. The standard InChI is InChI=1S/C45H71N7O9S/c1-13-33(50(10)11)37(54)42(58-15-3)60-39-28(5)36(53)29(6)41(55)59-35(14-2)45(9)38(30(7)46-25-27(4)24-44(39,8)57-12)52(43(56)61-45)23-19-18-22-51-26-32(48-49-51)40-47-31-20-16-17-21-34(31)62-40/h16-17,20-21,26-30,33,35,37-39,42,46,54H,13-15,18-19,22-25H2,1-12H3/t27-,28+,29-,30-,33?,35-,37?,38-,39-,42+,44-,45-/m1/s1. The molecule has 5 rings (SSSR count). The number of aliphatic hydroxyl groups is 1. The summed E-state index contributed by atoms with van der Waals surface area (Å²) in [5, 5.41) is 24.8. The van der Waals surface area contributed by atoms with Crippen LogP contribution in [0.25, 0.3) is 20.9 Å². The van der Waals surface area contributed by atoms with Gasteiger partial charge in [0.25, 0.3) is 0 Å². The second-order valence-corrected chi connectivity index (χ2v) is 18.9. The van der Waals surface area contributed by atoms with E-state index in [0.29, 0.717) is 57.4 Å². The Morgan fingerprint density at radius 1 is 1.06 bits per heavy atom. The van der Waals surface area contributed by atoms with E-state index in [-0.39, 0.29) is 24.6 Å². The maximum Gasteiger partial charge on any atom is 0.410 e. The minimum Gasteiger partial charge on any atom is -0.458 e. The van der Waals surface area contributed by atoms with Crippen molar-refractivity contribution < 1.29 is 43.2 Å². The molecular weight excluding hydrogens is 815 g/mol. The molecule has 0 spiro atoms. The van der Waals surface area contributed by atoms with Crippen molar-refractivity contribution in [1.82, 2.24) is 35.1 Å². The summed E-state index contributed by atoms with van der Waals surface area (Å²) in [7, 11) is 5.36. The predicted molar refractivity (Wildman–Crippen MR) is 237 cm³/mol. The molecule has 2 aliphatic rings. The molecule has 2 saturated heterocycles. The van der Waals surface area contributed by atoms with Gasteiger partial charge in [-0.05, 0) is 105 Å². The van der Waals surface area contributed by atoms with Crippen molar-refractivity contribution >= 4 is 39.4 Å². The fourth-order valence-corrected chi connectivity index (χ4v) is 10.4. The van der Waals surface area contributed by atoms with Gasteiger partial charge in [-0.25, -0.2) is 9.78 Å². The number of hydrogen-bond acceptors (Lipinski definition) is 15. The number of benzene rings is 1. The van der Waals surface area contributed by atoms with Crippen molar-refractivity contribution in [3.8, 4) is 10.7 Å². The quantitative estimate of drug-likeness (QED) is 0.0746. The first-order valence-electron chi connectivity index (χ1n) is 22.3. The van der Waals surface area contributed by atoms with Crippen molar-refractivity contribution in [3.63, 3.8) is 0 Å². The average Bonchev–Trinajstić information content (AvgIpc) is 3.96. The van der Waals surface area contributed by atoms with Crippen LogP contribution in [0.3, 0.4) is 0 Å². The number of para-hydroxylation sites is 1. The Labute approximate surface area is 371 Å². The first-order valence-corrected chi connectivity index (χ1v) is 23.1. The lowest BCUT2D eigenvalue weighted by atomic mass is 9.78. The molecular formula is C45H71N7O9S. The maximum atomic E-state index is 14.4. The number of cyclic esters (lactones) is 1. The minimum absolute atomic E-state index is 0.0214. The summed E-state index contributed by atoms with van der Waals surface area (Å²) in [6.45, 7) is 18.6. The number of Topliss-reactive ketones (excluding diaryl/α,β-unsaturated/α-hetero) is 1. The largest absolute Gasteiger partial charge is 0.458 e. The van der Waals surface area contributed by atoms with E-state index in [9.17, 15) is 19.5 Å². The number of unbranched alkanes of at least 4 members (excludes halogenated alkanes) is 1. The number of methoxy groups -OCH3 is 1. The number of nitrogens with zero attached hydrogens (tertiary/aromatic N) is 6. The van der Waals surface area contributed by atoms with E-state index in [0.717, 1.165) is 15.2 Å². The van der Waals surface area contributed by atoms with Gasteiger partial charge in [-0.3, -0.25) is 19.2 Å². The van der Waals surface area contributed by atoms with Crippen molar-refractivity contribution in [2.75, 3.05) is 40.9 Å². The number of aryl methyl sites for hydroxylation is 1. The van der Waals surface area contributed by atoms with Gasteiger partial charge in [0, 0.05) is 44.8 Å². The van der Waals surface area contributed by atoms with Gasteiger partial charge >= 0.3 is 12.1 Å². The number of ketones is 1. The number of thiazole rings is 1. The van der Waals surface area contributed by atoms with E-state index in [1.165, 1.54) is 6.92 Å². The van der Waals surface area contributed by atoms with Gasteiger partial charge in [-0.1, -0.05) is 45.0 Å². The number of likely N-dealkylation sites (N-methyl/N-ethyl adjacent to an activating group) is 1. The van der Waals surface area contributed by atoms with Gasteiger partial charge in [-0.2, -0.15) is 0 Å². The molecule has 2 unspecified atom stereocenters. The summed E-state index contributed by atoms with van der Waals surface area (Å²) in [6, 6.07) is 6.87. The zero-order valence-electron chi connectivity index (χ0n) is 38.8. The number of ether oxygens (including phenoxy) is 5. The molecule has 0 radical (unpaired) electrons. The predicted octanol–water partition coefficient (Wildman–Crippen LogP) is 5.95. The number of hydrogen-bond donors (Lipinski definition) is 2. The van der Waals surface area contributed by atoms with Crippen LogP contribution in [0.2, 0.25) is 0 Å². The van der Waals surface area contributed by atoms with Crippen LogP contribution < -0.4 is 5.32 Å². The average molecular weight is 886 g/mol. The molecule has 62 heavy (non-hydrogen) atoms. The lowest BCUT2D eigenvalue weighted by Gasteiger charge is -2.44. The molecule has 346 valence electrons. The second kappa shape index (κ2) is 21.4. The van der Waals surface area contributed by atoms with Crippen LogP contribution in [0.1, 0.15) is 94.4 Å². The summed E-state index contributed by atoms with van der Waals surface area (Å²) in [5.74, 6) is -3.20. The second-order valence-electron chi connectivity index (χ2n) is 17.8. The smallest absolute Gasteiger partial charge is 0.410 e.